The predicted octanol–water partition coefficient (Wildman–Crippen LogP) is 2.91. The van der Waals surface area contributed by atoms with E-state index in [1.807, 2.05) is 0 Å². The maximum Gasteiger partial charge on any atom is 0.0123 e. The number of rotatable bonds is 0. The van der Waals surface area contributed by atoms with Crippen LogP contribution in [0.1, 0.15) is 45.4 Å². The highest BCUT2D eigenvalue weighted by Crippen LogP contribution is 2.36. The van der Waals surface area contributed by atoms with Crippen molar-refractivity contribution in [1.29, 1.82) is 0 Å². The van der Waals surface area contributed by atoms with Crippen molar-refractivity contribution < 1.29 is 0 Å². The Hall–Kier alpha value is -0.0400. The van der Waals surface area contributed by atoms with Crippen molar-refractivity contribution in [3.8, 4) is 0 Å². The molecule has 0 radical (unpaired) electrons. The Bertz CT molecular complexity index is 149. The number of nitrogens with zero attached hydrogens (tertiary/aromatic N) is 1. The first-order chi connectivity index (χ1) is 6.29. The molecule has 0 amide bonds. The van der Waals surface area contributed by atoms with E-state index in [0.717, 1.165) is 17.9 Å². The summed E-state index contributed by atoms with van der Waals surface area (Å²) in [7, 11) is 2.33. The third-order valence-corrected chi connectivity index (χ3v) is 4.27. The molecule has 2 rings (SSSR count). The van der Waals surface area contributed by atoms with Crippen LogP contribution in [-0.2, 0) is 0 Å². The Morgan fingerprint density at radius 1 is 1.00 bits per heavy atom. The highest BCUT2D eigenvalue weighted by Gasteiger charge is 2.34. The quantitative estimate of drug-likeness (QED) is 0.555. The van der Waals surface area contributed by atoms with Gasteiger partial charge in [0.15, 0.2) is 0 Å². The summed E-state index contributed by atoms with van der Waals surface area (Å²) in [6.07, 6.45) is 8.82. The Labute approximate surface area is 82.5 Å². The monoisotopic (exact) mass is 181 g/mol. The average molecular weight is 181 g/mol. The van der Waals surface area contributed by atoms with Crippen molar-refractivity contribution in [2.24, 2.45) is 11.8 Å². The summed E-state index contributed by atoms with van der Waals surface area (Å²) >= 11 is 0. The van der Waals surface area contributed by atoms with Crippen LogP contribution in [0.4, 0.5) is 0 Å². The third kappa shape index (κ3) is 1.90. The number of piperidine rings is 1. The summed E-state index contributed by atoms with van der Waals surface area (Å²) in [6.45, 7) is 3.80. The van der Waals surface area contributed by atoms with Crippen LogP contribution in [0.25, 0.3) is 0 Å². The van der Waals surface area contributed by atoms with Gasteiger partial charge in [-0.2, -0.15) is 0 Å². The maximum atomic E-state index is 2.62. The van der Waals surface area contributed by atoms with Gasteiger partial charge in [0, 0.05) is 6.04 Å². The molecule has 0 spiro atoms. The highest BCUT2D eigenvalue weighted by molar-refractivity contribution is 4.87. The molecule has 1 heterocycles. The van der Waals surface area contributed by atoms with Gasteiger partial charge < -0.3 is 4.90 Å². The lowest BCUT2D eigenvalue weighted by Crippen LogP contribution is -2.45. The van der Waals surface area contributed by atoms with Gasteiger partial charge in [-0.15, -0.1) is 0 Å². The van der Waals surface area contributed by atoms with Crippen molar-refractivity contribution in [1.82, 2.24) is 4.90 Å². The summed E-state index contributed by atoms with van der Waals surface area (Å²) < 4.78 is 0. The molecule has 0 N–H and O–H groups in total. The van der Waals surface area contributed by atoms with Gasteiger partial charge in [-0.3, -0.25) is 0 Å². The molecule has 1 nitrogen and oxygen atoms in total. The van der Waals surface area contributed by atoms with Crippen molar-refractivity contribution in [3.05, 3.63) is 0 Å². The van der Waals surface area contributed by atoms with Gasteiger partial charge in [-0.05, 0) is 44.7 Å². The fourth-order valence-electron chi connectivity index (χ4n) is 3.31. The van der Waals surface area contributed by atoms with E-state index in [-0.39, 0.29) is 0 Å². The Kier molecular flexibility index (Phi) is 2.92. The van der Waals surface area contributed by atoms with Crippen LogP contribution in [0, 0.1) is 11.8 Å². The summed E-state index contributed by atoms with van der Waals surface area (Å²) in [6, 6.07) is 0.922. The Balaban J connectivity index is 2.07. The molecule has 2 aliphatic rings. The van der Waals surface area contributed by atoms with Crippen LogP contribution >= 0.6 is 0 Å². The lowest BCUT2D eigenvalue weighted by Gasteiger charge is -2.42. The smallest absolute Gasteiger partial charge is 0.0123 e. The zero-order valence-electron chi connectivity index (χ0n) is 9.13. The Morgan fingerprint density at radius 2 is 1.77 bits per heavy atom. The summed E-state index contributed by atoms with van der Waals surface area (Å²) in [5.74, 6) is 2.00. The molecule has 76 valence electrons. The second-order valence-electron chi connectivity index (χ2n) is 5.12. The molecule has 1 aliphatic heterocycles. The molecule has 1 heteroatoms. The van der Waals surface area contributed by atoms with Crippen LogP contribution in [0.3, 0.4) is 0 Å². The predicted molar refractivity (Wildman–Crippen MR) is 56.8 cm³/mol. The van der Waals surface area contributed by atoms with Crippen LogP contribution in [0.15, 0.2) is 0 Å². The minimum Gasteiger partial charge on any atom is -0.303 e. The van der Waals surface area contributed by atoms with Crippen LogP contribution in [-0.4, -0.2) is 24.5 Å². The third-order valence-electron chi connectivity index (χ3n) is 4.27. The van der Waals surface area contributed by atoms with Crippen LogP contribution < -0.4 is 0 Å². The van der Waals surface area contributed by atoms with Gasteiger partial charge in [0.1, 0.15) is 0 Å². The molecule has 1 saturated heterocycles. The second kappa shape index (κ2) is 4.00. The molecule has 1 saturated carbocycles. The summed E-state index contributed by atoms with van der Waals surface area (Å²) in [5, 5.41) is 0. The van der Waals surface area contributed by atoms with E-state index in [0.29, 0.717) is 0 Å². The fraction of sp³-hybridized carbons (Fsp3) is 1.00. The fourth-order valence-corrected chi connectivity index (χ4v) is 3.31. The molecule has 3 atom stereocenters. The minimum absolute atomic E-state index is 0.922. The van der Waals surface area contributed by atoms with Gasteiger partial charge >= 0.3 is 0 Å². The van der Waals surface area contributed by atoms with Crippen molar-refractivity contribution in [3.63, 3.8) is 0 Å². The molecule has 1 aliphatic carbocycles. The maximum absolute atomic E-state index is 2.62. The van der Waals surface area contributed by atoms with E-state index in [2.05, 4.69) is 18.9 Å². The largest absolute Gasteiger partial charge is 0.303 e. The molecular weight excluding hydrogens is 158 g/mol. The highest BCUT2D eigenvalue weighted by atomic mass is 15.1. The van der Waals surface area contributed by atoms with E-state index in [9.17, 15) is 0 Å². The number of hydrogen-bond acceptors (Lipinski definition) is 1. The summed E-state index contributed by atoms with van der Waals surface area (Å²) in [4.78, 5) is 2.62. The molecule has 0 aromatic carbocycles. The second-order valence-corrected chi connectivity index (χ2v) is 5.12. The number of fused-ring (bicyclic) bond motifs is 1. The average Bonchev–Trinajstić information content (AvgIpc) is 2.37. The summed E-state index contributed by atoms with van der Waals surface area (Å²) in [5.41, 5.74) is 0. The van der Waals surface area contributed by atoms with E-state index < -0.39 is 0 Å². The van der Waals surface area contributed by atoms with Gasteiger partial charge in [0.25, 0.3) is 0 Å². The van der Waals surface area contributed by atoms with Crippen LogP contribution in [0.5, 0.6) is 0 Å². The van der Waals surface area contributed by atoms with E-state index >= 15 is 0 Å². The topological polar surface area (TPSA) is 3.24 Å². The lowest BCUT2D eigenvalue weighted by atomic mass is 9.78. The Morgan fingerprint density at radius 3 is 2.62 bits per heavy atom. The number of likely N-dealkylation sites (tertiary alicyclic amines) is 1. The minimum atomic E-state index is 0.922. The van der Waals surface area contributed by atoms with E-state index in [4.69, 9.17) is 0 Å². The molecule has 2 fully saturated rings. The zero-order valence-corrected chi connectivity index (χ0v) is 9.13. The normalized spacial score (nSPS) is 42.5. The molecule has 3 unspecified atom stereocenters. The standard InChI is InChI=1S/C12H23N/c1-10-8-9-13(2)12-7-5-3-4-6-11(10)12/h10-12H,3-9H2,1-2H3. The first-order valence-corrected chi connectivity index (χ1v) is 5.99. The number of hydrogen-bond donors (Lipinski definition) is 0. The molecule has 0 aromatic rings. The van der Waals surface area contributed by atoms with Gasteiger partial charge in [-0.1, -0.05) is 26.2 Å². The SMILES string of the molecule is CC1CCN(C)C2CCCCCC12. The molecule has 0 bridgehead atoms. The lowest BCUT2D eigenvalue weighted by molar-refractivity contribution is 0.0714. The van der Waals surface area contributed by atoms with Gasteiger partial charge in [0.2, 0.25) is 0 Å². The van der Waals surface area contributed by atoms with E-state index in [1.165, 1.54) is 45.1 Å². The molecular formula is C12H23N. The van der Waals surface area contributed by atoms with E-state index in [1.54, 1.807) is 0 Å². The van der Waals surface area contributed by atoms with Crippen molar-refractivity contribution in [2.75, 3.05) is 13.6 Å². The van der Waals surface area contributed by atoms with Crippen LogP contribution in [0.2, 0.25) is 0 Å². The van der Waals surface area contributed by atoms with Crippen molar-refractivity contribution >= 4 is 0 Å². The van der Waals surface area contributed by atoms with Crippen molar-refractivity contribution in [2.45, 2.75) is 51.5 Å². The van der Waals surface area contributed by atoms with Gasteiger partial charge in [-0.25, -0.2) is 0 Å². The molecule has 0 aromatic heterocycles. The molecule has 13 heavy (non-hydrogen) atoms. The first-order valence-electron chi connectivity index (χ1n) is 5.99. The van der Waals surface area contributed by atoms with Gasteiger partial charge in [0.05, 0.1) is 0 Å². The first kappa shape index (κ1) is 9.51. The zero-order chi connectivity index (χ0) is 9.26.